The summed E-state index contributed by atoms with van der Waals surface area (Å²) in [5.41, 5.74) is 2.21. The smallest absolute Gasteiger partial charge is 0.333 e. The number of fused-ring (bicyclic) bond motifs is 1. The fraction of sp³-hybridized carbons (Fsp3) is 0.133. The number of benzene rings is 1. The summed E-state index contributed by atoms with van der Waals surface area (Å²) in [6, 6.07) is 12.4. The Bertz CT molecular complexity index is 839. The van der Waals surface area contributed by atoms with Crippen LogP contribution in [0.5, 0.6) is 0 Å². The second kappa shape index (κ2) is 5.49. The second-order valence-electron chi connectivity index (χ2n) is 4.51. The molecule has 0 saturated heterocycles. The Morgan fingerprint density at radius 2 is 2.05 bits per heavy atom. The van der Waals surface area contributed by atoms with Crippen LogP contribution in [0.1, 0.15) is 11.6 Å². The molecule has 0 fully saturated rings. The van der Waals surface area contributed by atoms with Crippen LogP contribution in [0.15, 0.2) is 48.7 Å². The molecule has 1 atom stereocenters. The van der Waals surface area contributed by atoms with E-state index in [0.29, 0.717) is 10.4 Å². The van der Waals surface area contributed by atoms with E-state index in [1.807, 2.05) is 42.5 Å². The van der Waals surface area contributed by atoms with Gasteiger partial charge in [-0.25, -0.2) is 9.78 Å². The van der Waals surface area contributed by atoms with E-state index in [9.17, 15) is 4.79 Å². The van der Waals surface area contributed by atoms with Crippen LogP contribution in [0.4, 0.5) is 0 Å². The fourth-order valence-corrected chi connectivity index (χ4v) is 2.64. The van der Waals surface area contributed by atoms with Crippen molar-refractivity contribution in [3.63, 3.8) is 0 Å². The molecule has 1 aromatic carbocycles. The van der Waals surface area contributed by atoms with Gasteiger partial charge in [0.15, 0.2) is 16.5 Å². The van der Waals surface area contributed by atoms with Crippen molar-refractivity contribution in [3.05, 3.63) is 59.0 Å². The summed E-state index contributed by atoms with van der Waals surface area (Å²) in [5, 5.41) is 0. The molecule has 3 aromatic rings. The van der Waals surface area contributed by atoms with Crippen molar-refractivity contribution in [2.24, 2.45) is 0 Å². The molecule has 0 aliphatic heterocycles. The van der Waals surface area contributed by atoms with Gasteiger partial charge >= 0.3 is 5.97 Å². The molecular formula is C15H13N3O2S. The first-order valence-electron chi connectivity index (χ1n) is 6.40. The number of H-pyrrole nitrogens is 1. The monoisotopic (exact) mass is 299 g/mol. The zero-order chi connectivity index (χ0) is 14.8. The molecule has 1 N–H and O–H groups in total. The Morgan fingerprint density at radius 3 is 2.76 bits per heavy atom. The zero-order valence-electron chi connectivity index (χ0n) is 11.3. The van der Waals surface area contributed by atoms with Crippen molar-refractivity contribution >= 4 is 29.4 Å². The van der Waals surface area contributed by atoms with Crippen LogP contribution < -0.4 is 0 Å². The lowest BCUT2D eigenvalue weighted by Gasteiger charge is -2.17. The van der Waals surface area contributed by atoms with Crippen LogP contribution in [0, 0.1) is 4.77 Å². The second-order valence-corrected chi connectivity index (χ2v) is 4.90. The van der Waals surface area contributed by atoms with E-state index in [0.717, 1.165) is 11.1 Å². The van der Waals surface area contributed by atoms with Crippen LogP contribution >= 0.6 is 12.2 Å². The van der Waals surface area contributed by atoms with Gasteiger partial charge in [0.25, 0.3) is 0 Å². The van der Waals surface area contributed by atoms with Crippen LogP contribution in [-0.2, 0) is 9.53 Å². The number of esters is 1. The number of ether oxygens (including phenoxy) is 1. The lowest BCUT2D eigenvalue weighted by Crippen LogP contribution is -2.22. The van der Waals surface area contributed by atoms with E-state index in [2.05, 4.69) is 9.97 Å². The average molecular weight is 299 g/mol. The molecule has 0 bridgehead atoms. The number of hydrogen-bond acceptors (Lipinski definition) is 4. The molecule has 2 aromatic heterocycles. The topological polar surface area (TPSA) is 59.9 Å². The number of aromatic amines is 1. The third kappa shape index (κ3) is 2.34. The van der Waals surface area contributed by atoms with Crippen LogP contribution in [0.25, 0.3) is 11.2 Å². The molecule has 5 nitrogen and oxygen atoms in total. The number of hydrogen-bond donors (Lipinski definition) is 1. The van der Waals surface area contributed by atoms with Crippen molar-refractivity contribution in [1.29, 1.82) is 0 Å². The highest BCUT2D eigenvalue weighted by molar-refractivity contribution is 7.71. The Labute approximate surface area is 126 Å². The molecule has 2 heterocycles. The molecule has 0 saturated carbocycles. The van der Waals surface area contributed by atoms with Gasteiger partial charge in [0.2, 0.25) is 0 Å². The number of aromatic nitrogens is 3. The maximum Gasteiger partial charge on any atom is 0.333 e. The predicted octanol–water partition coefficient (Wildman–Crippen LogP) is 2.86. The lowest BCUT2D eigenvalue weighted by atomic mass is 10.1. The van der Waals surface area contributed by atoms with E-state index in [4.69, 9.17) is 17.0 Å². The molecule has 106 valence electrons. The molecular weight excluding hydrogens is 286 g/mol. The lowest BCUT2D eigenvalue weighted by molar-refractivity contribution is -0.143. The van der Waals surface area contributed by atoms with Gasteiger partial charge in [0.05, 0.1) is 12.6 Å². The van der Waals surface area contributed by atoms with Gasteiger partial charge in [0.1, 0.15) is 0 Å². The number of nitrogens with zero attached hydrogens (tertiary/aromatic N) is 2. The first kappa shape index (κ1) is 13.5. The first-order valence-corrected chi connectivity index (χ1v) is 6.81. The number of nitrogens with one attached hydrogen (secondary N) is 1. The minimum atomic E-state index is -0.660. The van der Waals surface area contributed by atoms with E-state index >= 15 is 0 Å². The standard InChI is InChI=1S/C15H13N3O2S/c1-20-14(19)12(10-6-3-2-4-7-10)18-13-11(17-15(18)21)8-5-9-16-13/h2-9,12H,1H3,(H,17,21). The molecule has 0 radical (unpaired) electrons. The Hall–Kier alpha value is -2.47. The molecule has 0 amide bonds. The highest BCUT2D eigenvalue weighted by Crippen LogP contribution is 2.24. The van der Waals surface area contributed by atoms with E-state index < -0.39 is 6.04 Å². The highest BCUT2D eigenvalue weighted by atomic mass is 32.1. The highest BCUT2D eigenvalue weighted by Gasteiger charge is 2.26. The minimum absolute atomic E-state index is 0.385. The van der Waals surface area contributed by atoms with Crippen LogP contribution in [0.3, 0.4) is 0 Å². The van der Waals surface area contributed by atoms with Gasteiger partial charge in [-0.15, -0.1) is 0 Å². The number of imidazole rings is 1. The number of pyridine rings is 1. The third-order valence-corrected chi connectivity index (χ3v) is 3.57. The fourth-order valence-electron chi connectivity index (χ4n) is 2.34. The number of methoxy groups -OCH3 is 1. The van der Waals surface area contributed by atoms with E-state index in [1.54, 1.807) is 10.8 Å². The van der Waals surface area contributed by atoms with Gasteiger partial charge < -0.3 is 9.72 Å². The molecule has 0 aliphatic carbocycles. The van der Waals surface area contributed by atoms with Gasteiger partial charge in [0, 0.05) is 6.20 Å². The number of carbonyl (C=O) groups excluding carboxylic acids is 1. The Morgan fingerprint density at radius 1 is 1.29 bits per heavy atom. The third-order valence-electron chi connectivity index (χ3n) is 3.27. The summed E-state index contributed by atoms with van der Waals surface area (Å²) in [6.07, 6.45) is 1.67. The van der Waals surface area contributed by atoms with Crippen molar-refractivity contribution in [1.82, 2.24) is 14.5 Å². The Kier molecular flexibility index (Phi) is 3.53. The molecule has 21 heavy (non-hydrogen) atoms. The summed E-state index contributed by atoms with van der Waals surface area (Å²) in [7, 11) is 1.37. The summed E-state index contributed by atoms with van der Waals surface area (Å²) in [5.74, 6) is -0.385. The quantitative estimate of drug-likeness (QED) is 0.597. The largest absolute Gasteiger partial charge is 0.467 e. The van der Waals surface area contributed by atoms with Crippen molar-refractivity contribution < 1.29 is 9.53 Å². The van der Waals surface area contributed by atoms with Gasteiger partial charge in [-0.3, -0.25) is 4.57 Å². The summed E-state index contributed by atoms with van der Waals surface area (Å²) in [4.78, 5) is 19.7. The molecule has 6 heteroatoms. The van der Waals surface area contributed by atoms with Crippen molar-refractivity contribution in [2.45, 2.75) is 6.04 Å². The number of carbonyl (C=O) groups is 1. The summed E-state index contributed by atoms with van der Waals surface area (Å²) in [6.45, 7) is 0. The van der Waals surface area contributed by atoms with E-state index in [1.165, 1.54) is 7.11 Å². The molecule has 3 rings (SSSR count). The number of rotatable bonds is 3. The van der Waals surface area contributed by atoms with E-state index in [-0.39, 0.29) is 5.97 Å². The molecule has 0 aliphatic rings. The average Bonchev–Trinajstić information content (AvgIpc) is 2.85. The summed E-state index contributed by atoms with van der Waals surface area (Å²) >= 11 is 5.36. The van der Waals surface area contributed by atoms with Crippen molar-refractivity contribution in [2.75, 3.05) is 7.11 Å². The maximum absolute atomic E-state index is 12.3. The van der Waals surface area contributed by atoms with Crippen LogP contribution in [0.2, 0.25) is 0 Å². The maximum atomic E-state index is 12.3. The first-order chi connectivity index (χ1) is 10.2. The molecule has 0 spiro atoms. The van der Waals surface area contributed by atoms with Crippen LogP contribution in [-0.4, -0.2) is 27.6 Å². The van der Waals surface area contributed by atoms with Gasteiger partial charge in [-0.1, -0.05) is 30.3 Å². The SMILES string of the molecule is COC(=O)C(c1ccccc1)n1c(=S)[nH]c2cccnc21. The van der Waals surface area contributed by atoms with Crippen molar-refractivity contribution in [3.8, 4) is 0 Å². The zero-order valence-corrected chi connectivity index (χ0v) is 12.1. The normalized spacial score (nSPS) is 12.2. The predicted molar refractivity (Wildman–Crippen MR) is 81.5 cm³/mol. The molecule has 1 unspecified atom stereocenters. The van der Waals surface area contributed by atoms with Gasteiger partial charge in [-0.2, -0.15) is 0 Å². The Balaban J connectivity index is 2.27. The summed E-state index contributed by atoms with van der Waals surface area (Å²) < 4.78 is 7.07. The van der Waals surface area contributed by atoms with Gasteiger partial charge in [-0.05, 0) is 29.9 Å². The minimum Gasteiger partial charge on any atom is -0.467 e.